The summed E-state index contributed by atoms with van der Waals surface area (Å²) in [5, 5.41) is 18.7. The first-order valence-corrected chi connectivity index (χ1v) is 11.5. The number of nitrogens with one attached hydrogen (secondary N) is 2. The number of aromatic nitrogens is 2. The maximum Gasteiger partial charge on any atom is 0.407 e. The van der Waals surface area contributed by atoms with Crippen molar-refractivity contribution in [2.24, 2.45) is 7.05 Å². The van der Waals surface area contributed by atoms with Crippen molar-refractivity contribution in [3.05, 3.63) is 77.1 Å². The third-order valence-electron chi connectivity index (χ3n) is 6.11. The van der Waals surface area contributed by atoms with Crippen LogP contribution in [-0.4, -0.2) is 45.5 Å². The molecule has 3 aromatic rings. The highest BCUT2D eigenvalue weighted by atomic mass is 16.5. The van der Waals surface area contributed by atoms with Gasteiger partial charge < -0.3 is 20.5 Å². The first-order valence-electron chi connectivity index (χ1n) is 11.5. The summed E-state index contributed by atoms with van der Waals surface area (Å²) in [5.74, 6) is -1.95. The fourth-order valence-corrected chi connectivity index (χ4v) is 4.50. The third-order valence-corrected chi connectivity index (χ3v) is 6.11. The topological polar surface area (TPSA) is 123 Å². The molecular formula is C26H28N4O5. The van der Waals surface area contributed by atoms with Gasteiger partial charge in [0.05, 0.1) is 12.1 Å². The van der Waals surface area contributed by atoms with Crippen molar-refractivity contribution in [2.75, 3.05) is 6.61 Å². The number of ether oxygens (including phenoxy) is 1. The Kier molecular flexibility index (Phi) is 7.14. The molecule has 1 heterocycles. The highest BCUT2D eigenvalue weighted by molar-refractivity contribution is 5.89. The Hall–Kier alpha value is -4.14. The van der Waals surface area contributed by atoms with Crippen LogP contribution < -0.4 is 10.6 Å². The number of rotatable bonds is 9. The smallest absolute Gasteiger partial charge is 0.407 e. The highest BCUT2D eigenvalue weighted by Gasteiger charge is 2.30. The molecule has 9 nitrogen and oxygen atoms in total. The normalized spacial score (nSPS) is 13.0. The Labute approximate surface area is 203 Å². The molecule has 0 spiro atoms. The zero-order chi connectivity index (χ0) is 24.9. The van der Waals surface area contributed by atoms with E-state index in [4.69, 9.17) is 4.74 Å². The number of nitrogens with zero attached hydrogens (tertiary/aromatic N) is 2. The second kappa shape index (κ2) is 10.4. The number of aliphatic carboxylic acids is 1. The summed E-state index contributed by atoms with van der Waals surface area (Å²) >= 11 is 0. The molecule has 0 saturated heterocycles. The molecule has 0 fully saturated rings. The van der Waals surface area contributed by atoms with Crippen LogP contribution in [0.2, 0.25) is 0 Å². The molecule has 1 atom stereocenters. The number of alkyl carbamates (subject to hydrolysis) is 1. The number of carboxylic acid groups (broad SMARTS) is 1. The number of carboxylic acids is 1. The van der Waals surface area contributed by atoms with E-state index in [9.17, 15) is 19.5 Å². The zero-order valence-electron chi connectivity index (χ0n) is 19.7. The van der Waals surface area contributed by atoms with Crippen molar-refractivity contribution in [2.45, 2.75) is 38.3 Å². The molecular weight excluding hydrogens is 448 g/mol. The number of carbonyl (C=O) groups excluding carboxylic acids is 2. The molecule has 3 N–H and O–H groups in total. The van der Waals surface area contributed by atoms with Crippen LogP contribution in [0.4, 0.5) is 4.79 Å². The Bertz CT molecular complexity index is 1210. The Morgan fingerprint density at radius 1 is 1.09 bits per heavy atom. The average molecular weight is 477 g/mol. The lowest BCUT2D eigenvalue weighted by Crippen LogP contribution is -2.48. The van der Waals surface area contributed by atoms with Gasteiger partial charge in [0.1, 0.15) is 12.6 Å². The fourth-order valence-electron chi connectivity index (χ4n) is 4.50. The van der Waals surface area contributed by atoms with E-state index >= 15 is 0 Å². The van der Waals surface area contributed by atoms with Gasteiger partial charge in [-0.25, -0.2) is 4.79 Å². The van der Waals surface area contributed by atoms with Crippen molar-refractivity contribution in [3.8, 4) is 11.1 Å². The van der Waals surface area contributed by atoms with E-state index in [2.05, 4.69) is 15.7 Å². The van der Waals surface area contributed by atoms with Crippen LogP contribution in [-0.2, 0) is 34.3 Å². The molecule has 0 bridgehead atoms. The quantitative estimate of drug-likeness (QED) is 0.436. The van der Waals surface area contributed by atoms with Crippen molar-refractivity contribution in [1.82, 2.24) is 20.4 Å². The number of aryl methyl sites for hydroxylation is 2. The van der Waals surface area contributed by atoms with Crippen LogP contribution in [0.15, 0.2) is 54.7 Å². The standard InChI is InChI=1S/C26H28N4O5/c1-3-22-16(14-30(2)29-22)13-27-25(33)23(12-24(31)32)28-26(34)35-15-21-19-10-6-4-8-17(19)18-9-5-7-11-20(18)21/h4-11,14,21,23H,3,12-13,15H2,1-2H3,(H,27,33)(H,28,34)(H,31,32). The summed E-state index contributed by atoms with van der Waals surface area (Å²) in [4.78, 5) is 36.6. The number of hydrogen-bond acceptors (Lipinski definition) is 5. The number of carbonyl (C=O) groups is 3. The minimum absolute atomic E-state index is 0.0663. The predicted octanol–water partition coefficient (Wildman–Crippen LogP) is 2.98. The molecule has 182 valence electrons. The number of amides is 2. The molecule has 0 saturated carbocycles. The van der Waals surface area contributed by atoms with Gasteiger partial charge in [0.15, 0.2) is 0 Å². The van der Waals surface area contributed by atoms with E-state index in [0.29, 0.717) is 6.42 Å². The molecule has 2 aromatic carbocycles. The Morgan fingerprint density at radius 3 is 2.31 bits per heavy atom. The lowest BCUT2D eigenvalue weighted by molar-refractivity contribution is -0.139. The van der Waals surface area contributed by atoms with Gasteiger partial charge >= 0.3 is 12.1 Å². The Balaban J connectivity index is 1.39. The monoisotopic (exact) mass is 476 g/mol. The second-order valence-electron chi connectivity index (χ2n) is 8.47. The van der Waals surface area contributed by atoms with Gasteiger partial charge in [-0.1, -0.05) is 55.5 Å². The van der Waals surface area contributed by atoms with Gasteiger partial charge in [-0.05, 0) is 28.7 Å². The van der Waals surface area contributed by atoms with E-state index in [0.717, 1.165) is 33.5 Å². The average Bonchev–Trinajstić information content (AvgIpc) is 3.37. The third kappa shape index (κ3) is 5.34. The number of benzene rings is 2. The van der Waals surface area contributed by atoms with Crippen molar-refractivity contribution >= 4 is 18.0 Å². The summed E-state index contributed by atoms with van der Waals surface area (Å²) in [6.07, 6.45) is 1.08. The number of fused-ring (bicyclic) bond motifs is 3. The Morgan fingerprint density at radius 2 is 1.71 bits per heavy atom. The van der Waals surface area contributed by atoms with Gasteiger partial charge in [-0.3, -0.25) is 14.3 Å². The molecule has 0 aliphatic heterocycles. The summed E-state index contributed by atoms with van der Waals surface area (Å²) in [6, 6.07) is 14.6. The minimum atomic E-state index is -1.27. The first kappa shape index (κ1) is 24.0. The zero-order valence-corrected chi connectivity index (χ0v) is 19.7. The van der Waals surface area contributed by atoms with Crippen LogP contribution in [0.1, 0.15) is 41.6 Å². The molecule has 4 rings (SSSR count). The predicted molar refractivity (Wildman–Crippen MR) is 129 cm³/mol. The van der Waals surface area contributed by atoms with E-state index in [1.54, 1.807) is 17.9 Å². The molecule has 1 aliphatic carbocycles. The lowest BCUT2D eigenvalue weighted by Gasteiger charge is -2.18. The van der Waals surface area contributed by atoms with E-state index in [-0.39, 0.29) is 19.1 Å². The maximum absolute atomic E-state index is 12.7. The van der Waals surface area contributed by atoms with Gasteiger partial charge in [-0.15, -0.1) is 0 Å². The van der Waals surface area contributed by atoms with E-state index in [1.807, 2.05) is 55.5 Å². The van der Waals surface area contributed by atoms with E-state index in [1.165, 1.54) is 0 Å². The van der Waals surface area contributed by atoms with Crippen molar-refractivity contribution in [3.63, 3.8) is 0 Å². The maximum atomic E-state index is 12.7. The summed E-state index contributed by atoms with van der Waals surface area (Å²) in [7, 11) is 1.79. The molecule has 2 amide bonds. The SMILES string of the molecule is CCc1nn(C)cc1CNC(=O)C(CC(=O)O)NC(=O)OCC1c2ccccc2-c2ccccc21. The highest BCUT2D eigenvalue weighted by Crippen LogP contribution is 2.44. The molecule has 35 heavy (non-hydrogen) atoms. The summed E-state index contributed by atoms with van der Waals surface area (Å²) < 4.78 is 7.12. The van der Waals surface area contributed by atoms with Crippen molar-refractivity contribution < 1.29 is 24.2 Å². The van der Waals surface area contributed by atoms with Crippen LogP contribution in [0.3, 0.4) is 0 Å². The second-order valence-corrected chi connectivity index (χ2v) is 8.47. The number of hydrogen-bond donors (Lipinski definition) is 3. The minimum Gasteiger partial charge on any atom is -0.481 e. The molecule has 1 unspecified atom stereocenters. The summed E-state index contributed by atoms with van der Waals surface area (Å²) in [6.45, 7) is 2.20. The molecule has 9 heteroatoms. The summed E-state index contributed by atoms with van der Waals surface area (Å²) in [5.41, 5.74) is 5.99. The van der Waals surface area contributed by atoms with Crippen molar-refractivity contribution in [1.29, 1.82) is 0 Å². The van der Waals surface area contributed by atoms with E-state index < -0.39 is 30.4 Å². The van der Waals surface area contributed by atoms with Crippen LogP contribution in [0, 0.1) is 0 Å². The molecule has 1 aromatic heterocycles. The first-order chi connectivity index (χ1) is 16.9. The van der Waals surface area contributed by atoms with Gasteiger partial charge in [0.25, 0.3) is 0 Å². The lowest BCUT2D eigenvalue weighted by atomic mass is 9.98. The van der Waals surface area contributed by atoms with Gasteiger partial charge in [0, 0.05) is 31.3 Å². The molecule has 1 aliphatic rings. The van der Waals surface area contributed by atoms with Crippen LogP contribution >= 0.6 is 0 Å². The largest absolute Gasteiger partial charge is 0.481 e. The fraction of sp³-hybridized carbons (Fsp3) is 0.308. The van der Waals surface area contributed by atoms with Gasteiger partial charge in [0.2, 0.25) is 5.91 Å². The van der Waals surface area contributed by atoms with Gasteiger partial charge in [-0.2, -0.15) is 5.10 Å². The van der Waals surface area contributed by atoms with Crippen LogP contribution in [0.5, 0.6) is 0 Å². The van der Waals surface area contributed by atoms with Crippen LogP contribution in [0.25, 0.3) is 11.1 Å². The molecule has 0 radical (unpaired) electrons.